The minimum Gasteiger partial charge on any atom is -0.354 e. The summed E-state index contributed by atoms with van der Waals surface area (Å²) in [5.41, 5.74) is 1.31. The number of amides is 1. The van der Waals surface area contributed by atoms with Gasteiger partial charge >= 0.3 is 0 Å². The van der Waals surface area contributed by atoms with Crippen LogP contribution in [0.3, 0.4) is 0 Å². The average Bonchev–Trinajstić information content (AvgIpc) is 3.04. The number of nitrogens with zero attached hydrogens (tertiary/aromatic N) is 5. The predicted octanol–water partition coefficient (Wildman–Crippen LogP) is 2.43. The van der Waals surface area contributed by atoms with Gasteiger partial charge in [0.1, 0.15) is 11.6 Å². The summed E-state index contributed by atoms with van der Waals surface area (Å²) in [6.07, 6.45) is 1.72. The topological polar surface area (TPSA) is 75.4 Å². The Bertz CT molecular complexity index is 939. The fraction of sp³-hybridized carbons (Fsp3) is 0.333. The number of halogens is 1. The quantitative estimate of drug-likeness (QED) is 0.782. The molecule has 2 aromatic heterocycles. The molecule has 0 spiro atoms. The molecular weight excluding hydrogens is 335 g/mol. The van der Waals surface area contributed by atoms with Gasteiger partial charge in [0.25, 0.3) is 0 Å². The first-order valence-corrected chi connectivity index (χ1v) is 8.60. The first-order valence-electron chi connectivity index (χ1n) is 8.60. The van der Waals surface area contributed by atoms with Gasteiger partial charge in [-0.1, -0.05) is 0 Å². The zero-order valence-electron chi connectivity index (χ0n) is 14.4. The number of anilines is 2. The highest BCUT2D eigenvalue weighted by Gasteiger charge is 2.27. The first kappa shape index (κ1) is 16.4. The Balaban J connectivity index is 1.48. The maximum Gasteiger partial charge on any atom is 0.229 e. The van der Waals surface area contributed by atoms with Crippen molar-refractivity contribution in [2.75, 3.05) is 23.3 Å². The fourth-order valence-electron chi connectivity index (χ4n) is 3.23. The third kappa shape index (κ3) is 3.22. The molecule has 1 aromatic carbocycles. The second kappa shape index (κ2) is 6.70. The van der Waals surface area contributed by atoms with Gasteiger partial charge in [-0.15, -0.1) is 15.3 Å². The lowest BCUT2D eigenvalue weighted by atomic mass is 9.97. The third-order valence-electron chi connectivity index (χ3n) is 4.63. The molecule has 1 amide bonds. The van der Waals surface area contributed by atoms with Crippen molar-refractivity contribution >= 4 is 23.1 Å². The summed E-state index contributed by atoms with van der Waals surface area (Å²) < 4.78 is 14.7. The highest BCUT2D eigenvalue weighted by Crippen LogP contribution is 2.23. The maximum atomic E-state index is 13.0. The summed E-state index contributed by atoms with van der Waals surface area (Å²) in [6.45, 7) is 3.29. The molecule has 1 fully saturated rings. The van der Waals surface area contributed by atoms with Gasteiger partial charge in [-0.3, -0.25) is 4.79 Å². The molecule has 1 atom stereocenters. The van der Waals surface area contributed by atoms with Crippen LogP contribution in [0.25, 0.3) is 5.65 Å². The van der Waals surface area contributed by atoms with E-state index in [1.807, 2.05) is 19.1 Å². The zero-order chi connectivity index (χ0) is 18.1. The van der Waals surface area contributed by atoms with E-state index >= 15 is 0 Å². The zero-order valence-corrected chi connectivity index (χ0v) is 14.4. The van der Waals surface area contributed by atoms with Crippen LogP contribution >= 0.6 is 0 Å². The molecule has 1 saturated heterocycles. The number of benzene rings is 1. The summed E-state index contributed by atoms with van der Waals surface area (Å²) in [7, 11) is 0. The van der Waals surface area contributed by atoms with Crippen molar-refractivity contribution in [1.29, 1.82) is 0 Å². The molecule has 134 valence electrons. The lowest BCUT2D eigenvalue weighted by Gasteiger charge is -2.32. The molecule has 1 aliphatic heterocycles. The first-order chi connectivity index (χ1) is 12.6. The summed E-state index contributed by atoms with van der Waals surface area (Å²) in [6, 6.07) is 9.59. The summed E-state index contributed by atoms with van der Waals surface area (Å²) in [4.78, 5) is 14.7. The van der Waals surface area contributed by atoms with E-state index in [1.165, 1.54) is 12.1 Å². The number of fused-ring (bicyclic) bond motifs is 1. The van der Waals surface area contributed by atoms with Crippen LogP contribution in [0.2, 0.25) is 0 Å². The van der Waals surface area contributed by atoms with Crippen LogP contribution in [0.4, 0.5) is 15.9 Å². The molecule has 4 rings (SSSR count). The number of rotatable bonds is 3. The van der Waals surface area contributed by atoms with Gasteiger partial charge in [-0.25, -0.2) is 4.39 Å². The number of hydrogen-bond acceptors (Lipinski definition) is 5. The van der Waals surface area contributed by atoms with Crippen molar-refractivity contribution in [3.63, 3.8) is 0 Å². The number of piperidine rings is 1. The smallest absolute Gasteiger partial charge is 0.229 e. The van der Waals surface area contributed by atoms with Crippen LogP contribution in [0.1, 0.15) is 18.7 Å². The number of aryl methyl sites for hydroxylation is 1. The second-order valence-electron chi connectivity index (χ2n) is 6.49. The van der Waals surface area contributed by atoms with E-state index in [4.69, 9.17) is 0 Å². The molecule has 1 N–H and O–H groups in total. The van der Waals surface area contributed by atoms with E-state index in [1.54, 1.807) is 16.6 Å². The van der Waals surface area contributed by atoms with Crippen LogP contribution in [-0.2, 0) is 4.79 Å². The van der Waals surface area contributed by atoms with Crippen molar-refractivity contribution < 1.29 is 9.18 Å². The molecule has 1 unspecified atom stereocenters. The van der Waals surface area contributed by atoms with Crippen LogP contribution in [-0.4, -0.2) is 38.8 Å². The number of carbonyl (C=O) groups excluding carboxylic acids is 1. The highest BCUT2D eigenvalue weighted by molar-refractivity contribution is 5.93. The number of aromatic nitrogens is 4. The maximum absolute atomic E-state index is 13.0. The van der Waals surface area contributed by atoms with Gasteiger partial charge < -0.3 is 10.2 Å². The van der Waals surface area contributed by atoms with E-state index in [2.05, 4.69) is 25.5 Å². The van der Waals surface area contributed by atoms with Gasteiger partial charge in [-0.05, 0) is 56.2 Å². The van der Waals surface area contributed by atoms with Crippen LogP contribution in [0.15, 0.2) is 36.4 Å². The highest BCUT2D eigenvalue weighted by atomic mass is 19.1. The number of hydrogen-bond donors (Lipinski definition) is 1. The normalized spacial score (nSPS) is 17.5. The molecule has 0 radical (unpaired) electrons. The molecule has 3 heterocycles. The average molecular weight is 354 g/mol. The Morgan fingerprint density at radius 2 is 2.00 bits per heavy atom. The van der Waals surface area contributed by atoms with E-state index < -0.39 is 0 Å². The molecule has 1 aliphatic rings. The van der Waals surface area contributed by atoms with Crippen molar-refractivity contribution in [2.24, 2.45) is 5.92 Å². The van der Waals surface area contributed by atoms with Crippen molar-refractivity contribution in [1.82, 2.24) is 19.8 Å². The van der Waals surface area contributed by atoms with E-state index in [0.29, 0.717) is 17.9 Å². The van der Waals surface area contributed by atoms with E-state index in [-0.39, 0.29) is 17.6 Å². The van der Waals surface area contributed by atoms with Crippen molar-refractivity contribution in [3.8, 4) is 0 Å². The largest absolute Gasteiger partial charge is 0.354 e. The SMILES string of the molecule is Cc1nnc2ccc(N3CCCC(C(=O)Nc4ccc(F)cc4)C3)nn12. The molecule has 7 nitrogen and oxygen atoms in total. The molecule has 26 heavy (non-hydrogen) atoms. The number of nitrogens with one attached hydrogen (secondary N) is 1. The molecular formula is C18H19FN6O. The van der Waals surface area contributed by atoms with Crippen LogP contribution in [0.5, 0.6) is 0 Å². The molecule has 0 bridgehead atoms. The molecule has 3 aromatic rings. The summed E-state index contributed by atoms with van der Waals surface area (Å²) in [5, 5.41) is 15.5. The van der Waals surface area contributed by atoms with Gasteiger partial charge in [0.2, 0.25) is 5.91 Å². The molecule has 0 aliphatic carbocycles. The summed E-state index contributed by atoms with van der Waals surface area (Å²) >= 11 is 0. The Labute approximate surface area is 149 Å². The lowest BCUT2D eigenvalue weighted by molar-refractivity contribution is -0.120. The predicted molar refractivity (Wildman–Crippen MR) is 95.5 cm³/mol. The monoisotopic (exact) mass is 354 g/mol. The Morgan fingerprint density at radius 1 is 1.19 bits per heavy atom. The van der Waals surface area contributed by atoms with E-state index in [0.717, 1.165) is 31.0 Å². The minimum atomic E-state index is -0.322. The van der Waals surface area contributed by atoms with Gasteiger partial charge in [0, 0.05) is 18.8 Å². The second-order valence-corrected chi connectivity index (χ2v) is 6.49. The Kier molecular flexibility index (Phi) is 4.24. The molecule has 8 heteroatoms. The molecule has 0 saturated carbocycles. The van der Waals surface area contributed by atoms with E-state index in [9.17, 15) is 9.18 Å². The lowest BCUT2D eigenvalue weighted by Crippen LogP contribution is -2.41. The van der Waals surface area contributed by atoms with Crippen LogP contribution in [0, 0.1) is 18.7 Å². The Hall–Kier alpha value is -3.03. The summed E-state index contributed by atoms with van der Waals surface area (Å²) in [5.74, 6) is 1.01. The third-order valence-corrected chi connectivity index (χ3v) is 4.63. The minimum absolute atomic E-state index is 0.0529. The van der Waals surface area contributed by atoms with Crippen LogP contribution < -0.4 is 10.2 Å². The Morgan fingerprint density at radius 3 is 2.81 bits per heavy atom. The van der Waals surface area contributed by atoms with Crippen molar-refractivity contribution in [3.05, 3.63) is 48.0 Å². The number of carbonyl (C=O) groups is 1. The van der Waals surface area contributed by atoms with Gasteiger partial charge in [0.05, 0.1) is 5.92 Å². The van der Waals surface area contributed by atoms with Gasteiger partial charge in [-0.2, -0.15) is 4.52 Å². The van der Waals surface area contributed by atoms with Gasteiger partial charge in [0.15, 0.2) is 11.5 Å². The fourth-order valence-corrected chi connectivity index (χ4v) is 3.23. The van der Waals surface area contributed by atoms with Crippen molar-refractivity contribution in [2.45, 2.75) is 19.8 Å². The standard InChI is InChI=1S/C18H19FN6O/c1-12-21-22-16-8-9-17(23-25(12)16)24-10-2-3-13(11-24)18(26)20-15-6-4-14(19)5-7-15/h4-9,13H,2-3,10-11H2,1H3,(H,20,26).